The van der Waals surface area contributed by atoms with Crippen molar-refractivity contribution in [2.75, 3.05) is 16.4 Å². The lowest BCUT2D eigenvalue weighted by atomic mass is 10.1. The molecule has 24 heavy (non-hydrogen) atoms. The van der Waals surface area contributed by atoms with E-state index in [1.807, 2.05) is 24.3 Å². The summed E-state index contributed by atoms with van der Waals surface area (Å²) in [5.74, 6) is 1.13. The van der Waals surface area contributed by atoms with Gasteiger partial charge >= 0.3 is 0 Å². The molecule has 0 bridgehead atoms. The van der Waals surface area contributed by atoms with Crippen LogP contribution in [0.4, 0.5) is 28.7 Å². The molecular weight excluding hydrogens is 366 g/mol. The minimum atomic E-state index is 0.465. The van der Waals surface area contributed by atoms with Crippen LogP contribution in [-0.2, 0) is 0 Å². The number of aryl methyl sites for hydroxylation is 2. The van der Waals surface area contributed by atoms with E-state index in [2.05, 4.69) is 68.6 Å². The van der Waals surface area contributed by atoms with Crippen molar-refractivity contribution >= 4 is 44.6 Å². The molecule has 1 aromatic heterocycles. The van der Waals surface area contributed by atoms with Gasteiger partial charge in [0.2, 0.25) is 0 Å². The van der Waals surface area contributed by atoms with Crippen LogP contribution in [0.1, 0.15) is 11.1 Å². The Morgan fingerprint density at radius 2 is 1.54 bits per heavy atom. The van der Waals surface area contributed by atoms with Crippen LogP contribution < -0.4 is 16.4 Å². The number of anilines is 5. The Balaban J connectivity index is 1.89. The molecule has 4 N–H and O–H groups in total. The Morgan fingerprint density at radius 3 is 2.21 bits per heavy atom. The highest BCUT2D eigenvalue weighted by Gasteiger charge is 2.10. The van der Waals surface area contributed by atoms with Gasteiger partial charge in [-0.15, -0.1) is 0 Å². The van der Waals surface area contributed by atoms with Crippen LogP contribution >= 0.6 is 15.9 Å². The third-order valence-electron chi connectivity index (χ3n) is 3.50. The predicted molar refractivity (Wildman–Crippen MR) is 103 cm³/mol. The molecule has 1 heterocycles. The smallest absolute Gasteiger partial charge is 0.159 e. The van der Waals surface area contributed by atoms with E-state index >= 15 is 0 Å². The Kier molecular flexibility index (Phi) is 4.66. The number of nitrogens with one attached hydrogen (secondary N) is 2. The van der Waals surface area contributed by atoms with Gasteiger partial charge in [0, 0.05) is 10.2 Å². The summed E-state index contributed by atoms with van der Waals surface area (Å²) in [6.07, 6.45) is 1.49. The number of nitrogen functional groups attached to an aromatic ring is 1. The summed E-state index contributed by atoms with van der Waals surface area (Å²) in [4.78, 5) is 8.50. The fourth-order valence-corrected chi connectivity index (χ4v) is 2.85. The van der Waals surface area contributed by atoms with E-state index in [0.29, 0.717) is 17.3 Å². The molecule has 5 nitrogen and oxygen atoms in total. The second-order valence-corrected chi connectivity index (χ2v) is 6.45. The first kappa shape index (κ1) is 16.3. The van der Waals surface area contributed by atoms with Crippen molar-refractivity contribution in [2.45, 2.75) is 13.8 Å². The maximum atomic E-state index is 6.24. The zero-order valence-corrected chi connectivity index (χ0v) is 15.1. The quantitative estimate of drug-likeness (QED) is 0.595. The van der Waals surface area contributed by atoms with Crippen molar-refractivity contribution in [3.63, 3.8) is 0 Å². The number of nitrogens with two attached hydrogens (primary N) is 1. The van der Waals surface area contributed by atoms with Crippen molar-refractivity contribution in [3.05, 3.63) is 64.4 Å². The average Bonchev–Trinajstić information content (AvgIpc) is 2.52. The largest absolute Gasteiger partial charge is 0.393 e. The van der Waals surface area contributed by atoms with Crippen LogP contribution in [0.5, 0.6) is 0 Å². The average molecular weight is 384 g/mol. The van der Waals surface area contributed by atoms with Gasteiger partial charge in [-0.25, -0.2) is 9.97 Å². The Labute approximate surface area is 149 Å². The summed E-state index contributed by atoms with van der Waals surface area (Å²) in [6, 6.07) is 14.0. The molecule has 0 atom stereocenters. The number of nitrogens with zero attached hydrogens (tertiary/aromatic N) is 2. The van der Waals surface area contributed by atoms with E-state index in [-0.39, 0.29) is 0 Å². The van der Waals surface area contributed by atoms with Gasteiger partial charge in [-0.05, 0) is 65.2 Å². The summed E-state index contributed by atoms with van der Waals surface area (Å²) >= 11 is 3.50. The van der Waals surface area contributed by atoms with E-state index in [0.717, 1.165) is 15.8 Å². The zero-order chi connectivity index (χ0) is 17.1. The molecule has 0 aliphatic heterocycles. The molecule has 0 saturated heterocycles. The zero-order valence-electron chi connectivity index (χ0n) is 13.5. The minimum absolute atomic E-state index is 0.465. The fraction of sp³-hybridized carbons (Fsp3) is 0.111. The fourth-order valence-electron chi connectivity index (χ4n) is 2.47. The van der Waals surface area contributed by atoms with E-state index in [9.17, 15) is 0 Å². The van der Waals surface area contributed by atoms with Gasteiger partial charge in [-0.3, -0.25) is 0 Å². The van der Waals surface area contributed by atoms with Gasteiger partial charge in [0.15, 0.2) is 11.6 Å². The van der Waals surface area contributed by atoms with Crippen LogP contribution in [0, 0.1) is 13.8 Å². The first-order valence-electron chi connectivity index (χ1n) is 7.50. The third kappa shape index (κ3) is 3.65. The summed E-state index contributed by atoms with van der Waals surface area (Å²) in [5.41, 5.74) is 10.9. The van der Waals surface area contributed by atoms with Crippen molar-refractivity contribution < 1.29 is 0 Å². The molecule has 122 valence electrons. The first-order valence-corrected chi connectivity index (χ1v) is 8.29. The number of benzene rings is 2. The van der Waals surface area contributed by atoms with Gasteiger partial charge in [0.1, 0.15) is 12.0 Å². The molecule has 3 aromatic rings. The lowest BCUT2D eigenvalue weighted by Gasteiger charge is -2.14. The number of hydrogen-bond acceptors (Lipinski definition) is 5. The highest BCUT2D eigenvalue weighted by atomic mass is 79.9. The number of halogens is 1. The summed E-state index contributed by atoms with van der Waals surface area (Å²) in [6.45, 7) is 4.11. The monoisotopic (exact) mass is 383 g/mol. The molecule has 0 unspecified atom stereocenters. The molecular formula is C18H18BrN5. The van der Waals surface area contributed by atoms with Crippen LogP contribution in [0.3, 0.4) is 0 Å². The SMILES string of the molecule is Cc1cc(C)cc(Nc2ncnc(Nc3ccccc3Br)c2N)c1. The normalized spacial score (nSPS) is 10.5. The van der Waals surface area contributed by atoms with Gasteiger partial charge in [-0.1, -0.05) is 18.2 Å². The maximum Gasteiger partial charge on any atom is 0.159 e. The van der Waals surface area contributed by atoms with E-state index < -0.39 is 0 Å². The van der Waals surface area contributed by atoms with Crippen LogP contribution in [0.25, 0.3) is 0 Å². The Bertz CT molecular complexity index is 859. The Morgan fingerprint density at radius 1 is 0.917 bits per heavy atom. The highest BCUT2D eigenvalue weighted by Crippen LogP contribution is 2.31. The summed E-state index contributed by atoms with van der Waals surface area (Å²) < 4.78 is 0.937. The topological polar surface area (TPSA) is 75.9 Å². The lowest BCUT2D eigenvalue weighted by molar-refractivity contribution is 1.17. The number of rotatable bonds is 4. The van der Waals surface area contributed by atoms with Gasteiger partial charge in [-0.2, -0.15) is 0 Å². The standard InChI is InChI=1S/C18H18BrN5/c1-11-7-12(2)9-13(8-11)23-17-16(20)18(22-10-21-17)24-15-6-4-3-5-14(15)19/h3-10H,20H2,1-2H3,(H2,21,22,23,24). The van der Waals surface area contributed by atoms with Crippen molar-refractivity contribution in [2.24, 2.45) is 0 Å². The van der Waals surface area contributed by atoms with Gasteiger partial charge < -0.3 is 16.4 Å². The predicted octanol–water partition coefficient (Wildman–Crippen LogP) is 4.93. The Hall–Kier alpha value is -2.60. The minimum Gasteiger partial charge on any atom is -0.393 e. The van der Waals surface area contributed by atoms with Gasteiger partial charge in [0.25, 0.3) is 0 Å². The summed E-state index contributed by atoms with van der Waals surface area (Å²) in [7, 11) is 0. The van der Waals surface area contributed by atoms with Gasteiger partial charge in [0.05, 0.1) is 5.69 Å². The number of hydrogen-bond donors (Lipinski definition) is 3. The molecule has 0 fully saturated rings. The second-order valence-electron chi connectivity index (χ2n) is 5.59. The van der Waals surface area contributed by atoms with Crippen molar-refractivity contribution in [1.29, 1.82) is 0 Å². The molecule has 0 spiro atoms. The van der Waals surface area contributed by atoms with Crippen molar-refractivity contribution in [1.82, 2.24) is 9.97 Å². The van der Waals surface area contributed by atoms with Crippen LogP contribution in [-0.4, -0.2) is 9.97 Å². The molecule has 2 aromatic carbocycles. The first-order chi connectivity index (χ1) is 11.5. The van der Waals surface area contributed by atoms with Crippen molar-refractivity contribution in [3.8, 4) is 0 Å². The van der Waals surface area contributed by atoms with Crippen LogP contribution in [0.2, 0.25) is 0 Å². The molecule has 6 heteroatoms. The molecule has 0 aliphatic carbocycles. The van der Waals surface area contributed by atoms with E-state index in [1.165, 1.54) is 17.5 Å². The highest BCUT2D eigenvalue weighted by molar-refractivity contribution is 9.10. The second kappa shape index (κ2) is 6.88. The summed E-state index contributed by atoms with van der Waals surface area (Å²) in [5, 5.41) is 6.49. The third-order valence-corrected chi connectivity index (χ3v) is 4.19. The maximum absolute atomic E-state index is 6.24. The molecule has 0 amide bonds. The lowest BCUT2D eigenvalue weighted by Crippen LogP contribution is -2.05. The molecule has 0 radical (unpaired) electrons. The molecule has 0 aliphatic rings. The molecule has 3 rings (SSSR count). The van der Waals surface area contributed by atoms with E-state index in [1.54, 1.807) is 0 Å². The van der Waals surface area contributed by atoms with E-state index in [4.69, 9.17) is 5.73 Å². The molecule has 0 saturated carbocycles. The van der Waals surface area contributed by atoms with Crippen LogP contribution in [0.15, 0.2) is 53.3 Å². The number of para-hydroxylation sites is 1. The number of aromatic nitrogens is 2.